The molecule has 0 radical (unpaired) electrons. The van der Waals surface area contributed by atoms with Crippen molar-refractivity contribution in [3.8, 4) is 0 Å². The van der Waals surface area contributed by atoms with Gasteiger partial charge in [-0.15, -0.1) is 0 Å². The number of fused-ring (bicyclic) bond motifs is 3. The lowest BCUT2D eigenvalue weighted by Gasteiger charge is -2.22. The summed E-state index contributed by atoms with van der Waals surface area (Å²) in [6.45, 7) is 4.23. The van der Waals surface area contributed by atoms with Crippen LogP contribution in [0, 0.1) is 6.92 Å². The first-order chi connectivity index (χ1) is 7.66. The molecule has 0 saturated heterocycles. The molecular weight excluding hydrogens is 266 g/mol. The van der Waals surface area contributed by atoms with Crippen LogP contribution in [0.1, 0.15) is 17.1 Å². The summed E-state index contributed by atoms with van der Waals surface area (Å²) >= 11 is 3.58. The maximum Gasteiger partial charge on any atom is 0.137 e. The van der Waals surface area contributed by atoms with Crippen molar-refractivity contribution >= 4 is 21.6 Å². The Morgan fingerprint density at radius 2 is 2.19 bits per heavy atom. The van der Waals surface area contributed by atoms with Crippen LogP contribution in [0.25, 0.3) is 5.65 Å². The van der Waals surface area contributed by atoms with Gasteiger partial charge in [0, 0.05) is 29.7 Å². The van der Waals surface area contributed by atoms with E-state index in [0.29, 0.717) is 0 Å². The molecule has 0 bridgehead atoms. The lowest BCUT2D eigenvalue weighted by atomic mass is 10.1. The Balaban J connectivity index is 2.32. The molecule has 0 unspecified atom stereocenters. The number of pyridine rings is 1. The fourth-order valence-electron chi connectivity index (χ4n) is 2.37. The molecule has 2 aromatic heterocycles. The second-order valence-corrected chi connectivity index (χ2v) is 5.31. The van der Waals surface area contributed by atoms with Crippen LogP contribution in [0.2, 0.25) is 0 Å². The fourth-order valence-corrected chi connectivity index (χ4v) is 2.68. The highest BCUT2D eigenvalue weighted by Crippen LogP contribution is 2.24. The minimum Gasteiger partial charge on any atom is -0.300 e. The maximum absolute atomic E-state index is 4.71. The van der Waals surface area contributed by atoms with Gasteiger partial charge in [0.05, 0.1) is 11.4 Å². The molecular formula is C12H14BrN3. The molecule has 4 heteroatoms. The average molecular weight is 280 g/mol. The molecule has 1 aliphatic heterocycles. The Bertz CT molecular complexity index is 559. The van der Waals surface area contributed by atoms with Gasteiger partial charge in [0.15, 0.2) is 0 Å². The normalized spacial score (nSPS) is 16.7. The smallest absolute Gasteiger partial charge is 0.137 e. The van der Waals surface area contributed by atoms with E-state index in [1.54, 1.807) is 0 Å². The summed E-state index contributed by atoms with van der Waals surface area (Å²) in [4.78, 5) is 7.05. The van der Waals surface area contributed by atoms with Crippen LogP contribution in [-0.4, -0.2) is 27.9 Å². The number of nitrogens with zero attached hydrogens (tertiary/aromatic N) is 3. The lowest BCUT2D eigenvalue weighted by molar-refractivity contribution is 0.305. The van der Waals surface area contributed by atoms with Crippen LogP contribution in [0.15, 0.2) is 16.6 Å². The van der Waals surface area contributed by atoms with E-state index in [1.807, 2.05) is 0 Å². The molecule has 0 fully saturated rings. The van der Waals surface area contributed by atoms with Gasteiger partial charge in [-0.3, -0.25) is 4.40 Å². The van der Waals surface area contributed by atoms with Gasteiger partial charge < -0.3 is 4.90 Å². The molecule has 3 nitrogen and oxygen atoms in total. The predicted octanol–water partition coefficient (Wildman–Crippen LogP) is 2.39. The summed E-state index contributed by atoms with van der Waals surface area (Å²) in [6, 6.07) is 4.15. The van der Waals surface area contributed by atoms with Crippen LogP contribution in [0.5, 0.6) is 0 Å². The van der Waals surface area contributed by atoms with Crippen molar-refractivity contribution in [3.63, 3.8) is 0 Å². The van der Waals surface area contributed by atoms with Crippen molar-refractivity contribution in [3.05, 3.63) is 33.7 Å². The number of halogens is 1. The molecule has 0 N–H and O–H groups in total. The van der Waals surface area contributed by atoms with Crippen molar-refractivity contribution in [1.82, 2.24) is 14.3 Å². The Hall–Kier alpha value is -0.870. The Kier molecular flexibility index (Phi) is 2.30. The van der Waals surface area contributed by atoms with Gasteiger partial charge in [-0.05, 0) is 42.0 Å². The van der Waals surface area contributed by atoms with E-state index >= 15 is 0 Å². The Labute approximate surface area is 103 Å². The minimum absolute atomic E-state index is 0.994. The van der Waals surface area contributed by atoms with Crippen LogP contribution in [0.4, 0.5) is 0 Å². The van der Waals surface area contributed by atoms with Gasteiger partial charge in [-0.25, -0.2) is 4.98 Å². The molecule has 84 valence electrons. The molecule has 0 aromatic carbocycles. The maximum atomic E-state index is 4.71. The quantitative estimate of drug-likeness (QED) is 0.738. The van der Waals surface area contributed by atoms with Gasteiger partial charge >= 0.3 is 0 Å². The average Bonchev–Trinajstić information content (AvgIpc) is 2.62. The summed E-state index contributed by atoms with van der Waals surface area (Å²) in [5.41, 5.74) is 4.92. The molecule has 0 saturated carbocycles. The van der Waals surface area contributed by atoms with E-state index in [4.69, 9.17) is 4.98 Å². The van der Waals surface area contributed by atoms with Crippen molar-refractivity contribution in [2.24, 2.45) is 0 Å². The van der Waals surface area contributed by atoms with E-state index in [2.05, 4.69) is 51.3 Å². The van der Waals surface area contributed by atoms with Gasteiger partial charge in [0.1, 0.15) is 5.65 Å². The Morgan fingerprint density at radius 3 is 3.00 bits per heavy atom. The third-order valence-corrected chi connectivity index (χ3v) is 4.13. The highest BCUT2D eigenvalue weighted by atomic mass is 79.9. The first kappa shape index (κ1) is 10.3. The summed E-state index contributed by atoms with van der Waals surface area (Å²) < 4.78 is 3.42. The molecule has 0 spiro atoms. The van der Waals surface area contributed by atoms with Gasteiger partial charge in [-0.2, -0.15) is 0 Å². The van der Waals surface area contributed by atoms with Crippen molar-refractivity contribution in [1.29, 1.82) is 0 Å². The van der Waals surface area contributed by atoms with Crippen LogP contribution < -0.4 is 0 Å². The van der Waals surface area contributed by atoms with Crippen LogP contribution in [-0.2, 0) is 13.0 Å². The van der Waals surface area contributed by atoms with E-state index in [1.165, 1.54) is 17.1 Å². The highest BCUT2D eigenvalue weighted by molar-refractivity contribution is 9.10. The largest absolute Gasteiger partial charge is 0.300 e. The predicted molar refractivity (Wildman–Crippen MR) is 67.7 cm³/mol. The number of rotatable bonds is 0. The second kappa shape index (κ2) is 3.57. The summed E-state index contributed by atoms with van der Waals surface area (Å²) in [5, 5.41) is 0. The molecule has 1 aliphatic rings. The Morgan fingerprint density at radius 1 is 1.38 bits per heavy atom. The summed E-state index contributed by atoms with van der Waals surface area (Å²) in [6.07, 6.45) is 1.06. The number of hydrogen-bond acceptors (Lipinski definition) is 2. The molecule has 16 heavy (non-hydrogen) atoms. The lowest BCUT2D eigenvalue weighted by Crippen LogP contribution is -2.27. The number of likely N-dealkylation sites (N-methyl/N-ethyl adjacent to an activating group) is 1. The van der Waals surface area contributed by atoms with E-state index < -0.39 is 0 Å². The molecule has 0 amide bonds. The van der Waals surface area contributed by atoms with Crippen LogP contribution >= 0.6 is 15.9 Å². The number of hydrogen-bond donors (Lipinski definition) is 0. The molecule has 0 atom stereocenters. The van der Waals surface area contributed by atoms with Gasteiger partial charge in [0.2, 0.25) is 0 Å². The SMILES string of the molecule is Cc1c(Br)ccc2nc3c(n12)CN(C)CC3. The zero-order chi connectivity index (χ0) is 11.3. The van der Waals surface area contributed by atoms with Crippen LogP contribution in [0.3, 0.4) is 0 Å². The summed E-state index contributed by atoms with van der Waals surface area (Å²) in [7, 11) is 2.16. The van der Waals surface area contributed by atoms with Gasteiger partial charge in [0.25, 0.3) is 0 Å². The molecule has 2 aromatic rings. The second-order valence-electron chi connectivity index (χ2n) is 4.45. The first-order valence-electron chi connectivity index (χ1n) is 5.50. The molecule has 3 rings (SSSR count). The zero-order valence-corrected chi connectivity index (χ0v) is 11.1. The topological polar surface area (TPSA) is 20.5 Å². The van der Waals surface area contributed by atoms with E-state index in [-0.39, 0.29) is 0 Å². The number of imidazole rings is 1. The summed E-state index contributed by atoms with van der Waals surface area (Å²) in [5.74, 6) is 0. The van der Waals surface area contributed by atoms with Crippen molar-refractivity contribution in [2.75, 3.05) is 13.6 Å². The highest BCUT2D eigenvalue weighted by Gasteiger charge is 2.20. The number of aryl methyl sites for hydroxylation is 1. The zero-order valence-electron chi connectivity index (χ0n) is 9.50. The van der Waals surface area contributed by atoms with E-state index in [9.17, 15) is 0 Å². The first-order valence-corrected chi connectivity index (χ1v) is 6.30. The van der Waals surface area contributed by atoms with Gasteiger partial charge in [-0.1, -0.05) is 0 Å². The molecule has 0 aliphatic carbocycles. The molecule has 3 heterocycles. The third kappa shape index (κ3) is 1.40. The minimum atomic E-state index is 0.994. The number of aromatic nitrogens is 2. The standard InChI is InChI=1S/C12H14BrN3/c1-8-9(13)3-4-12-14-10-5-6-15(2)7-11(10)16(8)12/h3-4H,5-7H2,1-2H3. The fraction of sp³-hybridized carbons (Fsp3) is 0.417. The van der Waals surface area contributed by atoms with Crippen molar-refractivity contribution in [2.45, 2.75) is 19.9 Å². The van der Waals surface area contributed by atoms with Crippen molar-refractivity contribution < 1.29 is 0 Å². The van der Waals surface area contributed by atoms with E-state index in [0.717, 1.165) is 29.6 Å². The third-order valence-electron chi connectivity index (χ3n) is 3.29. The monoisotopic (exact) mass is 279 g/mol.